The average Bonchev–Trinajstić information content (AvgIpc) is 2.27. The summed E-state index contributed by atoms with van der Waals surface area (Å²) in [5.41, 5.74) is 0.769. The molecule has 0 fully saturated rings. The zero-order chi connectivity index (χ0) is 10.8. The van der Waals surface area contributed by atoms with Crippen molar-refractivity contribution in [3.63, 3.8) is 0 Å². The Morgan fingerprint density at radius 1 is 1.47 bits per heavy atom. The molecule has 0 aliphatic carbocycles. The Kier molecular flexibility index (Phi) is 2.07. The van der Waals surface area contributed by atoms with Gasteiger partial charge in [-0.3, -0.25) is 4.98 Å². The van der Waals surface area contributed by atoms with E-state index in [1.165, 1.54) is 12.1 Å². The Hall–Kier alpha value is -2.41. The molecule has 0 atom stereocenters. The maximum Gasteiger partial charge on any atom is 0.337 e. The van der Waals surface area contributed by atoms with E-state index in [0.717, 1.165) is 0 Å². The van der Waals surface area contributed by atoms with Crippen LogP contribution >= 0.6 is 0 Å². The molecule has 2 rings (SSSR count). The van der Waals surface area contributed by atoms with Gasteiger partial charge in [-0.2, -0.15) is 5.26 Å². The van der Waals surface area contributed by atoms with E-state index in [0.29, 0.717) is 10.9 Å². The number of hydrogen-bond acceptors (Lipinski definition) is 3. The molecule has 0 aliphatic rings. The number of aromatic carboxylic acids is 1. The molecule has 0 amide bonds. The van der Waals surface area contributed by atoms with Gasteiger partial charge in [-0.15, -0.1) is 0 Å². The minimum absolute atomic E-state index is 0.0120. The molecule has 15 heavy (non-hydrogen) atoms. The zero-order valence-electron chi connectivity index (χ0n) is 7.64. The van der Waals surface area contributed by atoms with Crippen LogP contribution in [0, 0.1) is 11.3 Å². The molecule has 0 saturated heterocycles. The zero-order valence-corrected chi connectivity index (χ0v) is 7.64. The molecule has 1 N–H and O–H groups in total. The predicted molar refractivity (Wildman–Crippen MR) is 53.4 cm³/mol. The van der Waals surface area contributed by atoms with Gasteiger partial charge in [-0.25, -0.2) is 4.79 Å². The van der Waals surface area contributed by atoms with E-state index in [2.05, 4.69) is 4.98 Å². The fraction of sp³-hybridized carbons (Fsp3) is 0. The predicted octanol–water partition coefficient (Wildman–Crippen LogP) is 1.80. The summed E-state index contributed by atoms with van der Waals surface area (Å²) in [5.74, 6) is -1.10. The summed E-state index contributed by atoms with van der Waals surface area (Å²) in [4.78, 5) is 14.9. The van der Waals surface area contributed by atoms with E-state index in [1.807, 2.05) is 6.07 Å². The van der Waals surface area contributed by atoms with Crippen molar-refractivity contribution in [3.8, 4) is 6.07 Å². The number of nitrogens with zero attached hydrogens (tertiary/aromatic N) is 2. The number of carboxylic acids is 1. The van der Waals surface area contributed by atoms with Crippen LogP contribution in [0.15, 0.2) is 30.5 Å². The monoisotopic (exact) mass is 198 g/mol. The van der Waals surface area contributed by atoms with Gasteiger partial charge < -0.3 is 5.11 Å². The van der Waals surface area contributed by atoms with Gasteiger partial charge in [0.05, 0.1) is 16.6 Å². The highest BCUT2D eigenvalue weighted by Gasteiger charge is 2.11. The number of aromatic nitrogens is 1. The van der Waals surface area contributed by atoms with Crippen LogP contribution in [0.4, 0.5) is 0 Å². The van der Waals surface area contributed by atoms with Crippen LogP contribution in [-0.2, 0) is 0 Å². The number of benzene rings is 1. The summed E-state index contributed by atoms with van der Waals surface area (Å²) in [5, 5.41) is 18.4. The summed E-state index contributed by atoms with van der Waals surface area (Å²) in [7, 11) is 0. The highest BCUT2D eigenvalue weighted by Crippen LogP contribution is 2.17. The smallest absolute Gasteiger partial charge is 0.337 e. The maximum absolute atomic E-state index is 10.9. The molecule has 2 aromatic rings. The Labute approximate surface area is 85.4 Å². The van der Waals surface area contributed by atoms with Crippen LogP contribution in [0.1, 0.15) is 15.9 Å². The third kappa shape index (κ3) is 1.51. The van der Waals surface area contributed by atoms with Crippen LogP contribution in [0.5, 0.6) is 0 Å². The maximum atomic E-state index is 10.9. The van der Waals surface area contributed by atoms with Crippen molar-refractivity contribution in [2.75, 3.05) is 0 Å². The third-order valence-electron chi connectivity index (χ3n) is 2.09. The highest BCUT2D eigenvalue weighted by atomic mass is 16.4. The van der Waals surface area contributed by atoms with Crippen LogP contribution in [0.2, 0.25) is 0 Å². The standard InChI is InChI=1S/C11H6N2O2/c12-6-8-5-10-7(2-1-3-13-10)4-9(8)11(14)15/h1-5H,(H,14,15). The van der Waals surface area contributed by atoms with Crippen molar-refractivity contribution >= 4 is 16.9 Å². The average molecular weight is 198 g/mol. The molecule has 1 aromatic carbocycles. The van der Waals surface area contributed by atoms with Gasteiger partial charge in [-0.05, 0) is 18.2 Å². The van der Waals surface area contributed by atoms with Gasteiger partial charge in [0, 0.05) is 11.6 Å². The quantitative estimate of drug-likeness (QED) is 0.758. The van der Waals surface area contributed by atoms with Crippen molar-refractivity contribution in [2.24, 2.45) is 0 Å². The lowest BCUT2D eigenvalue weighted by Crippen LogP contribution is -2.00. The lowest BCUT2D eigenvalue weighted by atomic mass is 10.1. The van der Waals surface area contributed by atoms with Crippen LogP contribution < -0.4 is 0 Å². The Balaban J connectivity index is 2.82. The number of carbonyl (C=O) groups is 1. The lowest BCUT2D eigenvalue weighted by molar-refractivity contribution is 0.0696. The molecule has 0 bridgehead atoms. The second kappa shape index (κ2) is 3.39. The summed E-state index contributed by atoms with van der Waals surface area (Å²) in [6.45, 7) is 0. The fourth-order valence-electron chi connectivity index (χ4n) is 1.39. The Bertz CT molecular complexity index is 585. The van der Waals surface area contributed by atoms with Crippen molar-refractivity contribution in [1.29, 1.82) is 5.26 Å². The third-order valence-corrected chi connectivity index (χ3v) is 2.09. The van der Waals surface area contributed by atoms with Crippen LogP contribution in [-0.4, -0.2) is 16.1 Å². The molecule has 1 heterocycles. The van der Waals surface area contributed by atoms with E-state index in [4.69, 9.17) is 10.4 Å². The van der Waals surface area contributed by atoms with Crippen molar-refractivity contribution in [1.82, 2.24) is 4.98 Å². The van der Waals surface area contributed by atoms with Gasteiger partial charge in [0.1, 0.15) is 6.07 Å². The molecular formula is C11H6N2O2. The second-order valence-corrected chi connectivity index (χ2v) is 3.01. The number of rotatable bonds is 1. The number of nitriles is 1. The largest absolute Gasteiger partial charge is 0.478 e. The molecule has 4 heteroatoms. The van der Waals surface area contributed by atoms with E-state index in [1.54, 1.807) is 18.3 Å². The molecule has 0 unspecified atom stereocenters. The van der Waals surface area contributed by atoms with Gasteiger partial charge in [-0.1, -0.05) is 6.07 Å². The first-order chi connectivity index (χ1) is 7.22. The second-order valence-electron chi connectivity index (χ2n) is 3.01. The molecule has 0 saturated carbocycles. The van der Waals surface area contributed by atoms with Gasteiger partial charge in [0.25, 0.3) is 0 Å². The van der Waals surface area contributed by atoms with E-state index < -0.39 is 5.97 Å². The van der Waals surface area contributed by atoms with Crippen molar-refractivity contribution in [3.05, 3.63) is 41.6 Å². The molecule has 0 spiro atoms. The first-order valence-electron chi connectivity index (χ1n) is 4.24. The van der Waals surface area contributed by atoms with Gasteiger partial charge in [0.15, 0.2) is 0 Å². The SMILES string of the molecule is N#Cc1cc2ncccc2cc1C(=O)O. The summed E-state index contributed by atoms with van der Waals surface area (Å²) < 4.78 is 0. The normalized spacial score (nSPS) is 9.80. The summed E-state index contributed by atoms with van der Waals surface area (Å²) in [6.07, 6.45) is 1.60. The first kappa shape index (κ1) is 9.16. The number of hydrogen-bond donors (Lipinski definition) is 1. The number of pyridine rings is 1. The minimum atomic E-state index is -1.10. The topological polar surface area (TPSA) is 74.0 Å². The molecule has 72 valence electrons. The van der Waals surface area contributed by atoms with E-state index in [9.17, 15) is 4.79 Å². The molecule has 0 aliphatic heterocycles. The van der Waals surface area contributed by atoms with Gasteiger partial charge in [0.2, 0.25) is 0 Å². The number of fused-ring (bicyclic) bond motifs is 1. The van der Waals surface area contributed by atoms with Gasteiger partial charge >= 0.3 is 5.97 Å². The van der Waals surface area contributed by atoms with E-state index >= 15 is 0 Å². The lowest BCUT2D eigenvalue weighted by Gasteiger charge is -2.01. The van der Waals surface area contributed by atoms with Crippen LogP contribution in [0.3, 0.4) is 0 Å². The highest BCUT2D eigenvalue weighted by molar-refractivity contribution is 5.96. The molecule has 0 radical (unpaired) electrons. The fourth-order valence-corrected chi connectivity index (χ4v) is 1.39. The van der Waals surface area contributed by atoms with Crippen molar-refractivity contribution < 1.29 is 9.90 Å². The Morgan fingerprint density at radius 3 is 2.93 bits per heavy atom. The first-order valence-corrected chi connectivity index (χ1v) is 4.24. The van der Waals surface area contributed by atoms with Crippen LogP contribution in [0.25, 0.3) is 10.9 Å². The molecule has 1 aromatic heterocycles. The summed E-state index contributed by atoms with van der Waals surface area (Å²) >= 11 is 0. The van der Waals surface area contributed by atoms with Crippen molar-refractivity contribution in [2.45, 2.75) is 0 Å². The van der Waals surface area contributed by atoms with E-state index in [-0.39, 0.29) is 11.1 Å². The Morgan fingerprint density at radius 2 is 2.27 bits per heavy atom. The molecule has 4 nitrogen and oxygen atoms in total. The minimum Gasteiger partial charge on any atom is -0.478 e. The number of carboxylic acid groups (broad SMARTS) is 1. The summed E-state index contributed by atoms with van der Waals surface area (Å²) in [6, 6.07) is 8.28. The molecular weight excluding hydrogens is 192 g/mol.